The van der Waals surface area contributed by atoms with Crippen molar-refractivity contribution in [1.29, 1.82) is 0 Å². The van der Waals surface area contributed by atoms with Gasteiger partial charge in [0, 0.05) is 0 Å². The topological polar surface area (TPSA) is 69.6 Å². The van der Waals surface area contributed by atoms with Gasteiger partial charge >= 0.3 is 0 Å². The summed E-state index contributed by atoms with van der Waals surface area (Å²) in [7, 11) is 0. The molecule has 0 saturated carbocycles. The zero-order valence-electron chi connectivity index (χ0n) is 5.89. The Labute approximate surface area is 71.2 Å². The van der Waals surface area contributed by atoms with Crippen LogP contribution in [0.1, 0.15) is 0 Å². The lowest BCUT2D eigenvalue weighted by Gasteiger charge is -2.05. The molecule has 1 rings (SSSR count). The Bertz CT molecular complexity index is 336. The van der Waals surface area contributed by atoms with E-state index in [4.69, 9.17) is 0 Å². The predicted molar refractivity (Wildman–Crippen MR) is 41.4 cm³/mol. The molecule has 62 valence electrons. The van der Waals surface area contributed by atoms with E-state index in [-0.39, 0.29) is 10.6 Å². The van der Waals surface area contributed by atoms with Crippen LogP contribution in [-0.2, 0) is 15.9 Å². The van der Waals surface area contributed by atoms with Gasteiger partial charge in [0.05, 0.1) is 10.6 Å². The molecule has 0 amide bonds. The van der Waals surface area contributed by atoms with Crippen LogP contribution in [0.4, 0.5) is 5.69 Å². The summed E-state index contributed by atoms with van der Waals surface area (Å²) in [6.45, 7) is 0. The van der Waals surface area contributed by atoms with Crippen molar-refractivity contribution in [2.24, 2.45) is 4.99 Å². The third-order valence-electron chi connectivity index (χ3n) is 1.21. The fourth-order valence-electron chi connectivity index (χ4n) is 0.740. The molecule has 0 aliphatic heterocycles. The summed E-state index contributed by atoms with van der Waals surface area (Å²) in [6, 6.07) is 5.93. The standard InChI is InChI=1S/C7H5NO3S/c9-5-8-6-3-1-2-4-7(6)12(10)11/h1-4H,(H,10,11)/p-1. The second kappa shape index (κ2) is 3.92. The van der Waals surface area contributed by atoms with Gasteiger partial charge in [-0.05, 0) is 23.2 Å². The van der Waals surface area contributed by atoms with E-state index in [9.17, 15) is 13.6 Å². The summed E-state index contributed by atoms with van der Waals surface area (Å²) in [5.41, 5.74) is 0.112. The van der Waals surface area contributed by atoms with Crippen LogP contribution in [0.15, 0.2) is 34.2 Å². The Balaban J connectivity index is 3.26. The number of benzene rings is 1. The Morgan fingerprint density at radius 3 is 2.67 bits per heavy atom. The molecule has 0 saturated heterocycles. The van der Waals surface area contributed by atoms with Crippen LogP contribution < -0.4 is 0 Å². The van der Waals surface area contributed by atoms with Crippen LogP contribution in [0.25, 0.3) is 0 Å². The van der Waals surface area contributed by atoms with Crippen molar-refractivity contribution in [1.82, 2.24) is 0 Å². The second-order valence-electron chi connectivity index (χ2n) is 1.91. The van der Waals surface area contributed by atoms with E-state index in [0.717, 1.165) is 0 Å². The Kier molecular flexibility index (Phi) is 2.88. The molecule has 0 N–H and O–H groups in total. The first kappa shape index (κ1) is 8.80. The van der Waals surface area contributed by atoms with E-state index in [2.05, 4.69) is 4.99 Å². The SMILES string of the molecule is O=C=Nc1ccccc1S(=O)[O-]. The van der Waals surface area contributed by atoms with E-state index in [1.807, 2.05) is 0 Å². The summed E-state index contributed by atoms with van der Waals surface area (Å²) in [5.74, 6) is 0. The molecule has 1 unspecified atom stereocenters. The molecule has 0 radical (unpaired) electrons. The summed E-state index contributed by atoms with van der Waals surface area (Å²) in [4.78, 5) is 13.1. The van der Waals surface area contributed by atoms with Gasteiger partial charge in [-0.15, -0.1) is 0 Å². The number of hydrogen-bond donors (Lipinski definition) is 0. The summed E-state index contributed by atoms with van der Waals surface area (Å²) in [6.07, 6.45) is 1.28. The molecule has 0 fully saturated rings. The predicted octanol–water partition coefficient (Wildman–Crippen LogP) is 0.892. The minimum absolute atomic E-state index is 0.000787. The number of aliphatic imine (C=N–C) groups is 1. The molecule has 1 aromatic rings. The molecule has 4 nitrogen and oxygen atoms in total. The Morgan fingerprint density at radius 1 is 1.42 bits per heavy atom. The smallest absolute Gasteiger partial charge is 0.240 e. The van der Waals surface area contributed by atoms with Gasteiger partial charge in [-0.2, -0.15) is 4.99 Å². The normalized spacial score (nSPS) is 11.8. The minimum atomic E-state index is -2.36. The molecule has 12 heavy (non-hydrogen) atoms. The van der Waals surface area contributed by atoms with Crippen LogP contribution >= 0.6 is 0 Å². The third kappa shape index (κ3) is 1.85. The quantitative estimate of drug-likeness (QED) is 0.387. The minimum Gasteiger partial charge on any atom is -0.768 e. The van der Waals surface area contributed by atoms with E-state index in [0.29, 0.717) is 0 Å². The number of carbonyl (C=O) groups excluding carboxylic acids is 1. The number of hydrogen-bond acceptors (Lipinski definition) is 4. The van der Waals surface area contributed by atoms with Gasteiger partial charge in [-0.1, -0.05) is 12.1 Å². The van der Waals surface area contributed by atoms with E-state index in [1.165, 1.54) is 18.2 Å². The maximum absolute atomic E-state index is 10.5. The second-order valence-corrected chi connectivity index (χ2v) is 2.81. The molecule has 0 bridgehead atoms. The molecule has 0 spiro atoms. The highest BCUT2D eigenvalue weighted by molar-refractivity contribution is 7.79. The van der Waals surface area contributed by atoms with Crippen molar-refractivity contribution in [3.63, 3.8) is 0 Å². The average molecular weight is 182 g/mol. The van der Waals surface area contributed by atoms with Gasteiger partial charge in [0.2, 0.25) is 6.08 Å². The van der Waals surface area contributed by atoms with Crippen LogP contribution in [0.3, 0.4) is 0 Å². The number of nitrogens with zero attached hydrogens (tertiary/aromatic N) is 1. The summed E-state index contributed by atoms with van der Waals surface area (Å²) < 4.78 is 21.0. The highest BCUT2D eigenvalue weighted by atomic mass is 32.2. The molecular weight excluding hydrogens is 178 g/mol. The van der Waals surface area contributed by atoms with Gasteiger partial charge in [0.1, 0.15) is 0 Å². The van der Waals surface area contributed by atoms with Crippen molar-refractivity contribution in [3.05, 3.63) is 24.3 Å². The zero-order valence-corrected chi connectivity index (χ0v) is 6.71. The van der Waals surface area contributed by atoms with Crippen LogP contribution in [0.2, 0.25) is 0 Å². The van der Waals surface area contributed by atoms with Crippen LogP contribution in [0, 0.1) is 0 Å². The maximum Gasteiger partial charge on any atom is 0.240 e. The molecule has 1 aromatic carbocycles. The fourth-order valence-corrected chi connectivity index (χ4v) is 1.21. The molecule has 5 heteroatoms. The lowest BCUT2D eigenvalue weighted by molar-refractivity contribution is 0.537. The van der Waals surface area contributed by atoms with Crippen LogP contribution in [0.5, 0.6) is 0 Å². The monoisotopic (exact) mass is 182 g/mol. The van der Waals surface area contributed by atoms with Crippen molar-refractivity contribution >= 4 is 22.8 Å². The number of para-hydroxylation sites is 1. The molecule has 0 heterocycles. The summed E-state index contributed by atoms with van der Waals surface area (Å²) in [5, 5.41) is 0. The van der Waals surface area contributed by atoms with Gasteiger partial charge in [0.15, 0.2) is 0 Å². The average Bonchev–Trinajstić information content (AvgIpc) is 2.05. The highest BCUT2D eigenvalue weighted by Gasteiger charge is 1.98. The van der Waals surface area contributed by atoms with Crippen molar-refractivity contribution in [2.75, 3.05) is 0 Å². The first-order valence-corrected chi connectivity index (χ1v) is 4.09. The lowest BCUT2D eigenvalue weighted by atomic mass is 10.3. The van der Waals surface area contributed by atoms with Gasteiger partial charge in [0.25, 0.3) is 0 Å². The first-order valence-electron chi connectivity index (χ1n) is 3.02. The highest BCUT2D eigenvalue weighted by Crippen LogP contribution is 2.20. The zero-order chi connectivity index (χ0) is 8.97. The Hall–Kier alpha value is -1.29. The number of rotatable bonds is 2. The van der Waals surface area contributed by atoms with Crippen molar-refractivity contribution in [3.8, 4) is 0 Å². The maximum atomic E-state index is 10.5. The van der Waals surface area contributed by atoms with Gasteiger partial charge < -0.3 is 4.55 Å². The van der Waals surface area contributed by atoms with E-state index >= 15 is 0 Å². The molecule has 0 aliphatic carbocycles. The first-order chi connectivity index (χ1) is 5.75. The molecular formula is C7H4NO3S-. The fraction of sp³-hybridized carbons (Fsp3) is 0. The lowest BCUT2D eigenvalue weighted by Crippen LogP contribution is -1.88. The van der Waals surface area contributed by atoms with E-state index < -0.39 is 11.1 Å². The van der Waals surface area contributed by atoms with Gasteiger partial charge in [-0.25, -0.2) is 4.79 Å². The van der Waals surface area contributed by atoms with Crippen molar-refractivity contribution in [2.45, 2.75) is 4.90 Å². The molecule has 0 aliphatic rings. The van der Waals surface area contributed by atoms with Crippen molar-refractivity contribution < 1.29 is 13.6 Å². The van der Waals surface area contributed by atoms with Crippen LogP contribution in [-0.4, -0.2) is 14.8 Å². The van der Waals surface area contributed by atoms with E-state index in [1.54, 1.807) is 12.1 Å². The largest absolute Gasteiger partial charge is 0.768 e. The third-order valence-corrected chi connectivity index (χ3v) is 1.92. The molecule has 0 aromatic heterocycles. The number of isocyanates is 1. The van der Waals surface area contributed by atoms with Gasteiger partial charge in [-0.3, -0.25) is 4.21 Å². The summed E-state index contributed by atoms with van der Waals surface area (Å²) >= 11 is -2.36. The Morgan fingerprint density at radius 2 is 2.08 bits per heavy atom. The molecule has 1 atom stereocenters.